The van der Waals surface area contributed by atoms with Crippen molar-refractivity contribution >= 4 is 73.2 Å². The Hall–Kier alpha value is -1.78. The van der Waals surface area contributed by atoms with Crippen molar-refractivity contribution in [2.24, 2.45) is 5.10 Å². The van der Waals surface area contributed by atoms with Gasteiger partial charge in [-0.25, -0.2) is 5.43 Å². The smallest absolute Gasteiger partial charge is 0.307 e. The van der Waals surface area contributed by atoms with Gasteiger partial charge in [0, 0.05) is 21.5 Å². The second kappa shape index (κ2) is 7.09. The molecule has 0 aliphatic carbocycles. The van der Waals surface area contributed by atoms with Gasteiger partial charge < -0.3 is 13.9 Å². The van der Waals surface area contributed by atoms with Gasteiger partial charge in [-0.15, -0.1) is 0 Å². The van der Waals surface area contributed by atoms with E-state index in [0.29, 0.717) is 27.7 Å². The van der Waals surface area contributed by atoms with Crippen LogP contribution in [0.2, 0.25) is 5.02 Å². The normalized spacial score (nSPS) is 12.9. The van der Waals surface area contributed by atoms with Gasteiger partial charge in [0.05, 0.1) is 14.8 Å². The summed E-state index contributed by atoms with van der Waals surface area (Å²) in [6, 6.07) is 8.80. The second-order valence-corrected chi connectivity index (χ2v) is 7.83. The number of fused-ring (bicyclic) bond motifs is 2. The van der Waals surface area contributed by atoms with Crippen molar-refractivity contribution in [3.8, 4) is 11.5 Å². The van der Waals surface area contributed by atoms with Gasteiger partial charge in [0.15, 0.2) is 17.3 Å². The molecule has 2 heterocycles. The number of hydrogen-bond acceptors (Lipinski definition) is 5. The Labute approximate surface area is 174 Å². The molecule has 0 radical (unpaired) electrons. The predicted molar refractivity (Wildman–Crippen MR) is 109 cm³/mol. The van der Waals surface area contributed by atoms with E-state index in [1.54, 1.807) is 18.2 Å². The molecule has 1 aliphatic rings. The standard InChI is InChI=1S/C17H9BrClIN2O4/c18-10-1-8-2-15(26-16(8)12(20)4-10)17(23)22-21-6-9-3-13-14(5-11(9)19)25-7-24-13/h1-6H,7H2,(H,22,23)/b21-6-. The molecular weight excluding hydrogens is 538 g/mol. The Bertz CT molecular complexity index is 1070. The first kappa shape index (κ1) is 17.6. The van der Waals surface area contributed by atoms with Crippen LogP contribution in [0.4, 0.5) is 0 Å². The minimum Gasteiger partial charge on any atom is -0.454 e. The first-order valence-corrected chi connectivity index (χ1v) is 9.57. The van der Waals surface area contributed by atoms with Crippen LogP contribution in [0.15, 0.2) is 44.3 Å². The van der Waals surface area contributed by atoms with Crippen molar-refractivity contribution in [2.75, 3.05) is 6.79 Å². The molecule has 6 nitrogen and oxygen atoms in total. The third kappa shape index (κ3) is 3.40. The van der Waals surface area contributed by atoms with Crippen LogP contribution in [0.25, 0.3) is 11.0 Å². The topological polar surface area (TPSA) is 73.1 Å². The first-order valence-electron chi connectivity index (χ1n) is 7.32. The number of halogens is 3. The van der Waals surface area contributed by atoms with Crippen molar-refractivity contribution in [1.29, 1.82) is 0 Å². The van der Waals surface area contributed by atoms with E-state index in [1.807, 2.05) is 12.1 Å². The fourth-order valence-electron chi connectivity index (χ4n) is 2.44. The summed E-state index contributed by atoms with van der Waals surface area (Å²) in [6.45, 7) is 0.157. The van der Waals surface area contributed by atoms with Gasteiger partial charge in [-0.3, -0.25) is 4.79 Å². The highest BCUT2D eigenvalue weighted by atomic mass is 127. The van der Waals surface area contributed by atoms with Gasteiger partial charge in [-0.05, 0) is 46.9 Å². The second-order valence-electron chi connectivity index (χ2n) is 5.34. The number of rotatable bonds is 3. The minimum absolute atomic E-state index is 0.157. The van der Waals surface area contributed by atoms with Crippen LogP contribution in [0.3, 0.4) is 0 Å². The maximum atomic E-state index is 12.3. The van der Waals surface area contributed by atoms with E-state index < -0.39 is 5.91 Å². The van der Waals surface area contributed by atoms with Crippen molar-refractivity contribution in [3.05, 3.63) is 54.7 Å². The highest BCUT2D eigenvalue weighted by molar-refractivity contribution is 14.1. The molecular formula is C17H9BrClIN2O4. The Balaban J connectivity index is 1.52. The zero-order valence-corrected chi connectivity index (χ0v) is 17.4. The van der Waals surface area contributed by atoms with E-state index in [2.05, 4.69) is 49.0 Å². The van der Waals surface area contributed by atoms with Gasteiger partial charge >= 0.3 is 5.91 Å². The number of furan rings is 1. The van der Waals surface area contributed by atoms with E-state index >= 15 is 0 Å². The average molecular weight is 548 g/mol. The van der Waals surface area contributed by atoms with Gasteiger partial charge in [-0.2, -0.15) is 5.10 Å². The van der Waals surface area contributed by atoms with Gasteiger partial charge in [-0.1, -0.05) is 27.5 Å². The van der Waals surface area contributed by atoms with Gasteiger partial charge in [0.2, 0.25) is 6.79 Å². The summed E-state index contributed by atoms with van der Waals surface area (Å²) >= 11 is 11.7. The number of carbonyl (C=O) groups is 1. The Morgan fingerprint density at radius 3 is 2.81 bits per heavy atom. The largest absolute Gasteiger partial charge is 0.454 e. The monoisotopic (exact) mass is 546 g/mol. The summed E-state index contributed by atoms with van der Waals surface area (Å²) < 4.78 is 18.0. The maximum absolute atomic E-state index is 12.3. The molecule has 2 aromatic carbocycles. The lowest BCUT2D eigenvalue weighted by Gasteiger charge is -2.01. The van der Waals surface area contributed by atoms with Crippen LogP contribution < -0.4 is 14.9 Å². The summed E-state index contributed by atoms with van der Waals surface area (Å²) in [6.07, 6.45) is 1.44. The molecule has 1 aromatic heterocycles. The number of hydrogen-bond donors (Lipinski definition) is 1. The number of nitrogens with zero attached hydrogens (tertiary/aromatic N) is 1. The van der Waals surface area contributed by atoms with E-state index in [-0.39, 0.29) is 12.6 Å². The van der Waals surface area contributed by atoms with E-state index in [0.717, 1.165) is 13.4 Å². The van der Waals surface area contributed by atoms with Crippen LogP contribution >= 0.6 is 50.1 Å². The third-order valence-electron chi connectivity index (χ3n) is 3.62. The first-order chi connectivity index (χ1) is 12.5. The zero-order valence-electron chi connectivity index (χ0n) is 12.9. The molecule has 0 unspecified atom stereocenters. The van der Waals surface area contributed by atoms with Crippen LogP contribution in [0.1, 0.15) is 16.1 Å². The summed E-state index contributed by atoms with van der Waals surface area (Å²) in [4.78, 5) is 12.3. The molecule has 1 amide bonds. The highest BCUT2D eigenvalue weighted by Crippen LogP contribution is 2.36. The predicted octanol–water partition coefficient (Wildman–Crippen LogP) is 4.95. The molecule has 4 rings (SSSR count). The SMILES string of the molecule is O=C(N/N=C\c1cc2c(cc1Cl)OCO2)c1cc2cc(Br)cc(I)c2o1. The Morgan fingerprint density at radius 1 is 1.23 bits per heavy atom. The van der Waals surface area contributed by atoms with Crippen LogP contribution in [-0.2, 0) is 0 Å². The summed E-state index contributed by atoms with van der Waals surface area (Å²) in [7, 11) is 0. The molecule has 0 atom stereocenters. The van der Waals surface area contributed by atoms with Gasteiger partial charge in [0.25, 0.3) is 0 Å². The Morgan fingerprint density at radius 2 is 2.00 bits per heavy atom. The quantitative estimate of drug-likeness (QED) is 0.286. The Kier molecular flexibility index (Phi) is 4.80. The molecule has 3 aromatic rings. The maximum Gasteiger partial charge on any atom is 0.307 e. The minimum atomic E-state index is -0.457. The number of nitrogens with one attached hydrogen (secondary N) is 1. The molecule has 1 N–H and O–H groups in total. The molecule has 0 saturated carbocycles. The lowest BCUT2D eigenvalue weighted by atomic mass is 10.2. The third-order valence-corrected chi connectivity index (χ3v) is 5.21. The molecule has 132 valence electrons. The van der Waals surface area contributed by atoms with Crippen LogP contribution in [-0.4, -0.2) is 18.9 Å². The van der Waals surface area contributed by atoms with Crippen molar-refractivity contribution in [1.82, 2.24) is 5.43 Å². The molecule has 1 aliphatic heterocycles. The van der Waals surface area contributed by atoms with E-state index in [4.69, 9.17) is 25.5 Å². The summed E-state index contributed by atoms with van der Waals surface area (Å²) in [5, 5.41) is 5.21. The van der Waals surface area contributed by atoms with Crippen molar-refractivity contribution in [3.63, 3.8) is 0 Å². The molecule has 0 bridgehead atoms. The molecule has 0 saturated heterocycles. The number of amides is 1. The van der Waals surface area contributed by atoms with Crippen LogP contribution in [0, 0.1) is 3.57 Å². The lowest BCUT2D eigenvalue weighted by molar-refractivity contribution is 0.0929. The van der Waals surface area contributed by atoms with Crippen molar-refractivity contribution in [2.45, 2.75) is 0 Å². The number of carbonyl (C=O) groups excluding carboxylic acids is 1. The number of ether oxygens (including phenoxy) is 2. The molecule has 26 heavy (non-hydrogen) atoms. The summed E-state index contributed by atoms with van der Waals surface area (Å²) in [5.74, 6) is 0.880. The fraction of sp³-hybridized carbons (Fsp3) is 0.0588. The summed E-state index contributed by atoms with van der Waals surface area (Å²) in [5.41, 5.74) is 3.68. The van der Waals surface area contributed by atoms with Gasteiger partial charge in [0.1, 0.15) is 5.58 Å². The molecule has 9 heteroatoms. The number of benzene rings is 2. The van der Waals surface area contributed by atoms with Crippen molar-refractivity contribution < 1.29 is 18.7 Å². The van der Waals surface area contributed by atoms with Crippen LogP contribution in [0.5, 0.6) is 11.5 Å². The fourth-order valence-corrected chi connectivity index (χ4v) is 4.30. The van der Waals surface area contributed by atoms with E-state index in [1.165, 1.54) is 6.21 Å². The lowest BCUT2D eigenvalue weighted by Crippen LogP contribution is -2.16. The highest BCUT2D eigenvalue weighted by Gasteiger charge is 2.16. The molecule has 0 spiro atoms. The zero-order chi connectivity index (χ0) is 18.3. The number of hydrazone groups is 1. The average Bonchev–Trinajstić information content (AvgIpc) is 3.21. The molecule has 0 fully saturated rings. The van der Waals surface area contributed by atoms with E-state index in [9.17, 15) is 4.79 Å².